The first kappa shape index (κ1) is 18.1. The summed E-state index contributed by atoms with van der Waals surface area (Å²) in [5, 5.41) is 6.79. The average molecular weight is 423 g/mol. The van der Waals surface area contributed by atoms with Crippen molar-refractivity contribution in [3.63, 3.8) is 0 Å². The zero-order chi connectivity index (χ0) is 17.8. The number of nitrogens with one attached hydrogen (secondary N) is 2. The number of carbonyl (C=O) groups is 1. The Morgan fingerprint density at radius 2 is 1.76 bits per heavy atom. The lowest BCUT2D eigenvalue weighted by Crippen LogP contribution is -2.23. The van der Waals surface area contributed by atoms with Gasteiger partial charge >= 0.3 is 0 Å². The molecule has 1 amide bonds. The van der Waals surface area contributed by atoms with Gasteiger partial charge in [0.15, 0.2) is 0 Å². The van der Waals surface area contributed by atoms with Gasteiger partial charge in [0, 0.05) is 16.1 Å². The highest BCUT2D eigenvalue weighted by molar-refractivity contribution is 9.10. The third-order valence-corrected chi connectivity index (χ3v) is 5.30. The largest absolute Gasteiger partial charge is 0.397 e. The summed E-state index contributed by atoms with van der Waals surface area (Å²) in [6.45, 7) is 0. The van der Waals surface area contributed by atoms with Crippen molar-refractivity contribution in [2.24, 2.45) is 0 Å². The molecule has 25 heavy (non-hydrogen) atoms. The molecule has 4 nitrogen and oxygen atoms in total. The molecule has 0 radical (unpaired) electrons. The van der Waals surface area contributed by atoms with Crippen LogP contribution in [0.4, 0.5) is 17.1 Å². The van der Waals surface area contributed by atoms with Gasteiger partial charge in [-0.25, -0.2) is 0 Å². The number of anilines is 3. The molecular weight excluding hydrogens is 402 g/mol. The van der Waals surface area contributed by atoms with Crippen LogP contribution >= 0.6 is 27.5 Å². The van der Waals surface area contributed by atoms with Crippen LogP contribution in [-0.2, 0) is 0 Å². The first-order chi connectivity index (χ1) is 12.0. The van der Waals surface area contributed by atoms with Crippen LogP contribution in [0.15, 0.2) is 40.9 Å². The van der Waals surface area contributed by atoms with Crippen molar-refractivity contribution in [1.29, 1.82) is 0 Å². The Balaban J connectivity index is 1.77. The van der Waals surface area contributed by atoms with Gasteiger partial charge in [-0.1, -0.05) is 46.8 Å². The Labute approximate surface area is 161 Å². The molecule has 1 aliphatic carbocycles. The maximum Gasteiger partial charge on any atom is 0.255 e. The molecule has 0 spiro atoms. The third kappa shape index (κ3) is 4.67. The maximum absolute atomic E-state index is 12.4. The predicted octanol–water partition coefficient (Wildman–Crippen LogP) is 5.68. The van der Waals surface area contributed by atoms with Crippen LogP contribution in [0.2, 0.25) is 5.02 Å². The van der Waals surface area contributed by atoms with E-state index < -0.39 is 0 Å². The highest BCUT2D eigenvalue weighted by Gasteiger charge is 2.16. The smallest absolute Gasteiger partial charge is 0.255 e. The van der Waals surface area contributed by atoms with Gasteiger partial charge in [-0.05, 0) is 49.2 Å². The molecular formula is C19H21BrClN3O. The summed E-state index contributed by atoms with van der Waals surface area (Å²) >= 11 is 9.63. The number of amides is 1. The highest BCUT2D eigenvalue weighted by Crippen LogP contribution is 2.33. The second-order valence-electron chi connectivity index (χ2n) is 6.36. The molecule has 0 atom stereocenters. The van der Waals surface area contributed by atoms with Crippen LogP contribution < -0.4 is 16.4 Å². The van der Waals surface area contributed by atoms with Crippen molar-refractivity contribution >= 4 is 50.5 Å². The predicted molar refractivity (Wildman–Crippen MR) is 108 cm³/mol. The molecule has 0 aromatic heterocycles. The third-order valence-electron chi connectivity index (χ3n) is 4.46. The van der Waals surface area contributed by atoms with E-state index in [4.69, 9.17) is 17.3 Å². The number of hydrogen-bond acceptors (Lipinski definition) is 3. The van der Waals surface area contributed by atoms with E-state index in [9.17, 15) is 4.79 Å². The molecule has 132 valence electrons. The highest BCUT2D eigenvalue weighted by atomic mass is 79.9. The normalized spacial score (nSPS) is 15.0. The molecule has 1 saturated carbocycles. The minimum atomic E-state index is -0.206. The van der Waals surface area contributed by atoms with Crippen LogP contribution in [0.3, 0.4) is 0 Å². The molecule has 1 aliphatic rings. The van der Waals surface area contributed by atoms with Gasteiger partial charge in [-0.15, -0.1) is 0 Å². The summed E-state index contributed by atoms with van der Waals surface area (Å²) in [5.41, 5.74) is 8.64. The number of nitrogens with two attached hydrogens (primary N) is 1. The Morgan fingerprint density at radius 1 is 1.08 bits per heavy atom. The maximum atomic E-state index is 12.4. The van der Waals surface area contributed by atoms with Gasteiger partial charge in [0.05, 0.1) is 22.1 Å². The summed E-state index contributed by atoms with van der Waals surface area (Å²) in [7, 11) is 0. The van der Waals surface area contributed by atoms with Crippen molar-refractivity contribution in [3.8, 4) is 0 Å². The summed E-state index contributed by atoms with van der Waals surface area (Å²) in [6, 6.07) is 11.1. The molecule has 0 aliphatic heterocycles. The summed E-state index contributed by atoms with van der Waals surface area (Å²) in [6.07, 6.45) is 6.05. The molecule has 6 heteroatoms. The minimum absolute atomic E-state index is 0.206. The number of nitrogen functional groups attached to an aromatic ring is 1. The minimum Gasteiger partial charge on any atom is -0.397 e. The van der Waals surface area contributed by atoms with Gasteiger partial charge in [-0.2, -0.15) is 0 Å². The zero-order valence-electron chi connectivity index (χ0n) is 13.8. The summed E-state index contributed by atoms with van der Waals surface area (Å²) in [5.74, 6) is -0.206. The fraction of sp³-hybridized carbons (Fsp3) is 0.316. The van der Waals surface area contributed by atoms with Gasteiger partial charge in [0.25, 0.3) is 5.91 Å². The molecule has 4 N–H and O–H groups in total. The molecule has 1 fully saturated rings. The molecule has 2 aromatic carbocycles. The lowest BCUT2D eigenvalue weighted by Gasteiger charge is -2.25. The Bertz CT molecular complexity index is 758. The fourth-order valence-electron chi connectivity index (χ4n) is 3.07. The Kier molecular flexibility index (Phi) is 5.86. The fourth-order valence-corrected chi connectivity index (χ4v) is 3.56. The Morgan fingerprint density at radius 3 is 2.44 bits per heavy atom. The van der Waals surface area contributed by atoms with Crippen LogP contribution in [0, 0.1) is 0 Å². The monoisotopic (exact) mass is 421 g/mol. The molecule has 0 unspecified atom stereocenters. The second-order valence-corrected chi connectivity index (χ2v) is 7.68. The zero-order valence-corrected chi connectivity index (χ0v) is 16.2. The van der Waals surface area contributed by atoms with E-state index in [1.807, 2.05) is 18.2 Å². The van der Waals surface area contributed by atoms with Gasteiger partial charge in [-0.3, -0.25) is 4.79 Å². The van der Waals surface area contributed by atoms with Crippen molar-refractivity contribution in [3.05, 3.63) is 51.5 Å². The van der Waals surface area contributed by atoms with Crippen LogP contribution in [0.25, 0.3) is 0 Å². The SMILES string of the molecule is Nc1cc(Cl)c(NC(=O)c2ccc(Br)cc2)cc1NC1CCCCC1. The van der Waals surface area contributed by atoms with E-state index >= 15 is 0 Å². The first-order valence-corrected chi connectivity index (χ1v) is 9.62. The van der Waals surface area contributed by atoms with Gasteiger partial charge in [0.2, 0.25) is 0 Å². The van der Waals surface area contributed by atoms with Crippen molar-refractivity contribution in [2.75, 3.05) is 16.4 Å². The van der Waals surface area contributed by atoms with Crippen molar-refractivity contribution < 1.29 is 4.79 Å². The molecule has 0 saturated heterocycles. The number of halogens is 2. The van der Waals surface area contributed by atoms with Crippen LogP contribution in [0.5, 0.6) is 0 Å². The van der Waals surface area contributed by atoms with Crippen LogP contribution in [0.1, 0.15) is 42.5 Å². The van der Waals surface area contributed by atoms with E-state index in [0.29, 0.717) is 28.0 Å². The Hall–Kier alpha value is -1.72. The lowest BCUT2D eigenvalue weighted by atomic mass is 9.95. The first-order valence-electron chi connectivity index (χ1n) is 8.45. The lowest BCUT2D eigenvalue weighted by molar-refractivity contribution is 0.102. The van der Waals surface area contributed by atoms with Gasteiger partial charge in [0.1, 0.15) is 0 Å². The molecule has 2 aromatic rings. The number of hydrogen-bond donors (Lipinski definition) is 3. The van der Waals surface area contributed by atoms with E-state index in [2.05, 4.69) is 26.6 Å². The molecule has 3 rings (SSSR count). The second kappa shape index (κ2) is 8.11. The molecule has 0 heterocycles. The quantitative estimate of drug-likeness (QED) is 0.555. The topological polar surface area (TPSA) is 67.1 Å². The summed E-state index contributed by atoms with van der Waals surface area (Å²) < 4.78 is 0.925. The number of benzene rings is 2. The average Bonchev–Trinajstić information content (AvgIpc) is 2.60. The van der Waals surface area contributed by atoms with Crippen molar-refractivity contribution in [1.82, 2.24) is 0 Å². The van der Waals surface area contributed by atoms with E-state index in [1.165, 1.54) is 19.3 Å². The van der Waals surface area contributed by atoms with E-state index in [-0.39, 0.29) is 5.91 Å². The summed E-state index contributed by atoms with van der Waals surface area (Å²) in [4.78, 5) is 12.4. The van der Waals surface area contributed by atoms with E-state index in [1.54, 1.807) is 18.2 Å². The number of carbonyl (C=O) groups excluding carboxylic acids is 1. The molecule has 0 bridgehead atoms. The number of rotatable bonds is 4. The van der Waals surface area contributed by atoms with E-state index in [0.717, 1.165) is 23.0 Å². The standard InChI is InChI=1S/C19H21BrClN3O/c20-13-8-6-12(7-9-13)19(25)24-17-11-18(16(22)10-15(17)21)23-14-4-2-1-3-5-14/h6-11,14,23H,1-5,22H2,(H,24,25). The van der Waals surface area contributed by atoms with Crippen molar-refractivity contribution in [2.45, 2.75) is 38.1 Å². The van der Waals surface area contributed by atoms with Gasteiger partial charge < -0.3 is 16.4 Å². The van der Waals surface area contributed by atoms with Crippen LogP contribution in [-0.4, -0.2) is 11.9 Å².